The molecule has 0 bridgehead atoms. The third-order valence-corrected chi connectivity index (χ3v) is 4.73. The monoisotopic (exact) mass is 321 g/mol. The zero-order valence-electron chi connectivity index (χ0n) is 11.2. The number of aliphatic carboxylic acids is 1. The number of anilines is 1. The Morgan fingerprint density at radius 2 is 2.00 bits per heavy atom. The van der Waals surface area contributed by atoms with Gasteiger partial charge in [0, 0.05) is 16.3 Å². The number of amides is 1. The molecule has 1 aromatic heterocycles. The Balaban J connectivity index is 1.86. The van der Waals surface area contributed by atoms with E-state index >= 15 is 0 Å². The molecule has 1 aromatic carbocycles. The van der Waals surface area contributed by atoms with Gasteiger partial charge >= 0.3 is 5.97 Å². The summed E-state index contributed by atoms with van der Waals surface area (Å²) in [5.74, 6) is 0.124. The van der Waals surface area contributed by atoms with Gasteiger partial charge in [-0.05, 0) is 23.1 Å². The van der Waals surface area contributed by atoms with Crippen LogP contribution < -0.4 is 5.32 Å². The number of carboxylic acids is 1. The van der Waals surface area contributed by atoms with E-state index in [4.69, 9.17) is 5.11 Å². The van der Waals surface area contributed by atoms with E-state index in [2.05, 4.69) is 5.32 Å². The molecule has 2 aromatic rings. The number of carbonyl (C=O) groups is 2. The fraction of sp³-hybridized carbons (Fsp3) is 0.200. The van der Waals surface area contributed by atoms with Gasteiger partial charge in [0.25, 0.3) is 0 Å². The molecule has 0 fully saturated rings. The molecule has 0 atom stereocenters. The van der Waals surface area contributed by atoms with Crippen molar-refractivity contribution in [1.82, 2.24) is 0 Å². The zero-order valence-corrected chi connectivity index (χ0v) is 12.9. The highest BCUT2D eigenvalue weighted by Crippen LogP contribution is 2.19. The van der Waals surface area contributed by atoms with Crippen molar-refractivity contribution < 1.29 is 14.7 Å². The summed E-state index contributed by atoms with van der Waals surface area (Å²) >= 11 is 3.21. The summed E-state index contributed by atoms with van der Waals surface area (Å²) in [5, 5.41) is 13.6. The van der Waals surface area contributed by atoms with Crippen LogP contribution in [0.5, 0.6) is 0 Å². The maximum Gasteiger partial charge on any atom is 0.307 e. The number of carbonyl (C=O) groups excluding carboxylic acids is 1. The van der Waals surface area contributed by atoms with Gasteiger partial charge in [0.15, 0.2) is 0 Å². The van der Waals surface area contributed by atoms with Crippen molar-refractivity contribution in [2.75, 3.05) is 11.1 Å². The van der Waals surface area contributed by atoms with Crippen molar-refractivity contribution in [3.05, 3.63) is 52.2 Å². The lowest BCUT2D eigenvalue weighted by Crippen LogP contribution is -2.16. The van der Waals surface area contributed by atoms with Crippen molar-refractivity contribution in [3.8, 4) is 0 Å². The van der Waals surface area contributed by atoms with Gasteiger partial charge in [0.2, 0.25) is 5.91 Å². The molecule has 1 amide bonds. The summed E-state index contributed by atoms with van der Waals surface area (Å²) in [6.45, 7) is 0. The van der Waals surface area contributed by atoms with Crippen molar-refractivity contribution in [2.24, 2.45) is 0 Å². The van der Waals surface area contributed by atoms with Crippen LogP contribution >= 0.6 is 23.1 Å². The molecule has 4 nitrogen and oxygen atoms in total. The first-order valence-corrected chi connectivity index (χ1v) is 8.38. The fourth-order valence-electron chi connectivity index (χ4n) is 1.78. The van der Waals surface area contributed by atoms with Crippen molar-refractivity contribution in [3.63, 3.8) is 0 Å². The predicted octanol–water partition coefficient (Wildman–Crippen LogP) is 3.25. The maximum absolute atomic E-state index is 11.9. The second-order valence-corrected chi connectivity index (χ2v) is 6.37. The van der Waals surface area contributed by atoms with E-state index in [1.165, 1.54) is 4.88 Å². The average molecular weight is 321 g/mol. The van der Waals surface area contributed by atoms with Gasteiger partial charge < -0.3 is 10.4 Å². The van der Waals surface area contributed by atoms with Gasteiger partial charge in [-0.2, -0.15) is 0 Å². The number of thioether (sulfide) groups is 1. The summed E-state index contributed by atoms with van der Waals surface area (Å²) in [7, 11) is 0. The van der Waals surface area contributed by atoms with Gasteiger partial charge in [-0.15, -0.1) is 23.1 Å². The van der Waals surface area contributed by atoms with Gasteiger partial charge in [-0.1, -0.05) is 24.3 Å². The minimum Gasteiger partial charge on any atom is -0.481 e. The Morgan fingerprint density at radius 3 is 2.71 bits per heavy atom. The van der Waals surface area contributed by atoms with E-state index in [0.717, 1.165) is 5.75 Å². The molecular weight excluding hydrogens is 306 g/mol. The number of nitrogens with one attached hydrogen (secondary N) is 1. The molecule has 110 valence electrons. The van der Waals surface area contributed by atoms with Crippen molar-refractivity contribution in [2.45, 2.75) is 12.2 Å². The third kappa shape index (κ3) is 5.24. The van der Waals surface area contributed by atoms with Crippen LogP contribution in [0.3, 0.4) is 0 Å². The Morgan fingerprint density at radius 1 is 1.19 bits per heavy atom. The number of rotatable bonds is 7. The largest absolute Gasteiger partial charge is 0.481 e. The van der Waals surface area contributed by atoms with Crippen LogP contribution in [0.25, 0.3) is 0 Å². The van der Waals surface area contributed by atoms with Crippen LogP contribution in [-0.4, -0.2) is 22.7 Å². The highest BCUT2D eigenvalue weighted by Gasteiger charge is 2.09. The summed E-state index contributed by atoms with van der Waals surface area (Å²) in [6.07, 6.45) is -0.0984. The summed E-state index contributed by atoms with van der Waals surface area (Å²) in [4.78, 5) is 23.9. The number of hydrogen-bond donors (Lipinski definition) is 2. The maximum atomic E-state index is 11.9. The van der Waals surface area contributed by atoms with Crippen molar-refractivity contribution in [1.29, 1.82) is 0 Å². The van der Waals surface area contributed by atoms with Gasteiger partial charge in [0.1, 0.15) is 0 Å². The van der Waals surface area contributed by atoms with Crippen LogP contribution in [0.15, 0.2) is 41.8 Å². The van der Waals surface area contributed by atoms with E-state index in [1.807, 2.05) is 17.5 Å². The molecule has 0 spiro atoms. The van der Waals surface area contributed by atoms with Crippen LogP contribution in [0.1, 0.15) is 10.4 Å². The smallest absolute Gasteiger partial charge is 0.307 e. The second kappa shape index (κ2) is 7.85. The van der Waals surface area contributed by atoms with Crippen LogP contribution in [0, 0.1) is 0 Å². The number of para-hydroxylation sites is 1. The number of thiophene rings is 1. The Kier molecular flexibility index (Phi) is 5.83. The Hall–Kier alpha value is -1.79. The van der Waals surface area contributed by atoms with Crippen molar-refractivity contribution >= 4 is 40.7 Å². The minimum absolute atomic E-state index is 0.0984. The highest BCUT2D eigenvalue weighted by molar-refractivity contribution is 7.99. The van der Waals surface area contributed by atoms with Gasteiger partial charge in [-0.25, -0.2) is 0 Å². The molecular formula is C15H15NO3S2. The SMILES string of the molecule is O=C(O)Cc1ccccc1NC(=O)CSCc1cccs1. The lowest BCUT2D eigenvalue weighted by atomic mass is 10.1. The third-order valence-electron chi connectivity index (χ3n) is 2.69. The molecule has 0 aliphatic rings. The first-order chi connectivity index (χ1) is 10.1. The Bertz CT molecular complexity index is 611. The normalized spacial score (nSPS) is 10.3. The molecule has 21 heavy (non-hydrogen) atoms. The quantitative estimate of drug-likeness (QED) is 0.821. The summed E-state index contributed by atoms with van der Waals surface area (Å²) in [5.41, 5.74) is 1.18. The molecule has 2 N–H and O–H groups in total. The standard InChI is InChI=1S/C15H15NO3S2/c17-14(10-20-9-12-5-3-7-21-12)16-13-6-2-1-4-11(13)8-15(18)19/h1-7H,8-10H2,(H,16,17)(H,18,19). The molecule has 0 aliphatic heterocycles. The summed E-state index contributed by atoms with van der Waals surface area (Å²) < 4.78 is 0. The fourth-order valence-corrected chi connectivity index (χ4v) is 3.45. The van der Waals surface area contributed by atoms with Crippen LogP contribution in [0.2, 0.25) is 0 Å². The molecule has 0 radical (unpaired) electrons. The van der Waals surface area contributed by atoms with E-state index in [-0.39, 0.29) is 12.3 Å². The molecule has 0 unspecified atom stereocenters. The zero-order chi connectivity index (χ0) is 15.1. The van der Waals surface area contributed by atoms with E-state index in [9.17, 15) is 9.59 Å². The summed E-state index contributed by atoms with van der Waals surface area (Å²) in [6, 6.07) is 11.0. The van der Waals surface area contributed by atoms with Gasteiger partial charge in [0.05, 0.1) is 12.2 Å². The molecule has 1 heterocycles. The first-order valence-electron chi connectivity index (χ1n) is 6.35. The number of benzene rings is 1. The lowest BCUT2D eigenvalue weighted by Gasteiger charge is -2.09. The van der Waals surface area contributed by atoms with Crippen LogP contribution in [0.4, 0.5) is 5.69 Å². The number of hydrogen-bond acceptors (Lipinski definition) is 4. The first kappa shape index (κ1) is 15.6. The lowest BCUT2D eigenvalue weighted by molar-refractivity contribution is -0.136. The van der Waals surface area contributed by atoms with E-state index in [1.54, 1.807) is 47.4 Å². The topological polar surface area (TPSA) is 66.4 Å². The molecule has 0 saturated heterocycles. The second-order valence-electron chi connectivity index (χ2n) is 4.35. The molecule has 0 aliphatic carbocycles. The molecule has 0 saturated carbocycles. The van der Waals surface area contributed by atoms with Crippen LogP contribution in [-0.2, 0) is 21.8 Å². The van der Waals surface area contributed by atoms with E-state index < -0.39 is 5.97 Å². The molecule has 2 rings (SSSR count). The Labute approximate surface area is 131 Å². The average Bonchev–Trinajstić information content (AvgIpc) is 2.93. The highest BCUT2D eigenvalue weighted by atomic mass is 32.2. The van der Waals surface area contributed by atoms with E-state index in [0.29, 0.717) is 17.0 Å². The van der Waals surface area contributed by atoms with Gasteiger partial charge in [-0.3, -0.25) is 9.59 Å². The predicted molar refractivity (Wildman–Crippen MR) is 86.9 cm³/mol. The molecule has 6 heteroatoms. The number of carboxylic acid groups (broad SMARTS) is 1. The minimum atomic E-state index is -0.913.